The SMILES string of the molecule is COc1cc(/C(C)=N\Nc2c(Cl)cncc2Cl)cc(OC)c1OC. The molecule has 6 nitrogen and oxygen atoms in total. The van der Waals surface area contributed by atoms with Crippen molar-refractivity contribution in [3.05, 3.63) is 40.1 Å². The molecule has 0 saturated carbocycles. The van der Waals surface area contributed by atoms with Gasteiger partial charge in [-0.3, -0.25) is 10.4 Å². The molecule has 1 N–H and O–H groups in total. The highest BCUT2D eigenvalue weighted by Crippen LogP contribution is 2.38. The number of benzene rings is 1. The number of methoxy groups -OCH3 is 3. The van der Waals surface area contributed by atoms with E-state index in [4.69, 9.17) is 37.4 Å². The van der Waals surface area contributed by atoms with Gasteiger partial charge in [-0.1, -0.05) is 23.2 Å². The Balaban J connectivity index is 2.37. The Morgan fingerprint density at radius 3 is 2.00 bits per heavy atom. The highest BCUT2D eigenvalue weighted by Gasteiger charge is 2.14. The predicted molar refractivity (Wildman–Crippen MR) is 96.2 cm³/mol. The minimum absolute atomic E-state index is 0.379. The molecule has 0 fully saturated rings. The van der Waals surface area contributed by atoms with E-state index in [1.165, 1.54) is 12.4 Å². The van der Waals surface area contributed by atoms with Crippen LogP contribution in [0.2, 0.25) is 10.0 Å². The molecule has 0 aliphatic heterocycles. The van der Waals surface area contributed by atoms with Crippen molar-refractivity contribution in [1.29, 1.82) is 0 Å². The van der Waals surface area contributed by atoms with Crippen LogP contribution in [0.25, 0.3) is 0 Å². The van der Waals surface area contributed by atoms with Crippen LogP contribution in [0.1, 0.15) is 12.5 Å². The molecule has 1 aromatic heterocycles. The molecule has 0 unspecified atom stereocenters. The van der Waals surface area contributed by atoms with E-state index in [2.05, 4.69) is 15.5 Å². The van der Waals surface area contributed by atoms with E-state index < -0.39 is 0 Å². The molecule has 0 atom stereocenters. The summed E-state index contributed by atoms with van der Waals surface area (Å²) in [5.74, 6) is 1.60. The van der Waals surface area contributed by atoms with Gasteiger partial charge in [-0.05, 0) is 19.1 Å². The fraction of sp³-hybridized carbons (Fsp3) is 0.250. The molecule has 0 saturated heterocycles. The minimum atomic E-state index is 0.379. The molecule has 128 valence electrons. The van der Waals surface area contributed by atoms with Gasteiger partial charge in [0, 0.05) is 18.0 Å². The summed E-state index contributed by atoms with van der Waals surface area (Å²) in [4.78, 5) is 3.89. The number of aromatic nitrogens is 1. The van der Waals surface area contributed by atoms with Gasteiger partial charge in [-0.2, -0.15) is 5.10 Å². The highest BCUT2D eigenvalue weighted by atomic mass is 35.5. The molecule has 0 radical (unpaired) electrons. The lowest BCUT2D eigenvalue weighted by Crippen LogP contribution is -2.03. The molecule has 2 aromatic rings. The molecule has 0 bridgehead atoms. The Morgan fingerprint density at radius 1 is 1.00 bits per heavy atom. The summed E-state index contributed by atoms with van der Waals surface area (Å²) in [5, 5.41) is 5.07. The van der Waals surface area contributed by atoms with Crippen LogP contribution in [0.5, 0.6) is 17.2 Å². The standard InChI is InChI=1S/C16H17Cl2N3O3/c1-9(20-21-15-11(17)7-19-8-12(15)18)10-5-13(22-2)16(24-4)14(6-10)23-3/h5-8H,1-4H3,(H,19,21)/b20-9-. The van der Waals surface area contributed by atoms with E-state index in [1.807, 2.05) is 6.92 Å². The summed E-state index contributed by atoms with van der Waals surface area (Å²) in [6, 6.07) is 3.61. The van der Waals surface area contributed by atoms with Crippen molar-refractivity contribution in [2.75, 3.05) is 26.8 Å². The van der Waals surface area contributed by atoms with Gasteiger partial charge in [-0.25, -0.2) is 0 Å². The first-order valence-electron chi connectivity index (χ1n) is 6.91. The second kappa shape index (κ2) is 8.08. The summed E-state index contributed by atoms with van der Waals surface area (Å²) in [6.45, 7) is 1.83. The number of pyridine rings is 1. The van der Waals surface area contributed by atoms with E-state index in [0.29, 0.717) is 38.7 Å². The Bertz CT molecular complexity index is 721. The first-order chi connectivity index (χ1) is 11.5. The normalized spacial score (nSPS) is 11.2. The van der Waals surface area contributed by atoms with Crippen molar-refractivity contribution >= 4 is 34.6 Å². The van der Waals surface area contributed by atoms with Gasteiger partial charge in [0.15, 0.2) is 11.5 Å². The Morgan fingerprint density at radius 2 is 1.54 bits per heavy atom. The average molecular weight is 370 g/mol. The fourth-order valence-electron chi connectivity index (χ4n) is 2.01. The molecule has 24 heavy (non-hydrogen) atoms. The van der Waals surface area contributed by atoms with E-state index in [1.54, 1.807) is 33.5 Å². The van der Waals surface area contributed by atoms with Crippen LogP contribution in [0, 0.1) is 0 Å². The summed E-state index contributed by atoms with van der Waals surface area (Å²) >= 11 is 12.1. The van der Waals surface area contributed by atoms with E-state index in [-0.39, 0.29) is 0 Å². The molecule has 0 aliphatic rings. The van der Waals surface area contributed by atoms with E-state index >= 15 is 0 Å². The quantitative estimate of drug-likeness (QED) is 0.608. The molecule has 2 rings (SSSR count). The van der Waals surface area contributed by atoms with Gasteiger partial charge in [0.1, 0.15) is 0 Å². The zero-order chi connectivity index (χ0) is 17.7. The maximum absolute atomic E-state index is 6.06. The third-order valence-corrected chi connectivity index (χ3v) is 3.84. The number of rotatable bonds is 6. The summed E-state index contributed by atoms with van der Waals surface area (Å²) in [5.41, 5.74) is 4.81. The molecule has 8 heteroatoms. The second-order valence-electron chi connectivity index (χ2n) is 4.70. The van der Waals surface area contributed by atoms with Gasteiger partial charge in [-0.15, -0.1) is 0 Å². The number of nitrogens with one attached hydrogen (secondary N) is 1. The largest absolute Gasteiger partial charge is 0.493 e. The summed E-state index contributed by atoms with van der Waals surface area (Å²) in [7, 11) is 4.67. The molecular weight excluding hydrogens is 353 g/mol. The molecular formula is C16H17Cl2N3O3. The molecule has 0 aliphatic carbocycles. The smallest absolute Gasteiger partial charge is 0.203 e. The number of ether oxygens (including phenoxy) is 3. The number of nitrogens with zero attached hydrogens (tertiary/aromatic N) is 2. The lowest BCUT2D eigenvalue weighted by atomic mass is 10.1. The number of hydrogen-bond acceptors (Lipinski definition) is 6. The molecule has 1 heterocycles. The van der Waals surface area contributed by atoms with Gasteiger partial charge in [0.2, 0.25) is 5.75 Å². The number of anilines is 1. The van der Waals surface area contributed by atoms with Crippen molar-refractivity contribution in [2.24, 2.45) is 5.10 Å². The van der Waals surface area contributed by atoms with Crippen LogP contribution >= 0.6 is 23.2 Å². The van der Waals surface area contributed by atoms with Crippen LogP contribution in [-0.2, 0) is 0 Å². The Kier molecular flexibility index (Phi) is 6.11. The highest BCUT2D eigenvalue weighted by molar-refractivity contribution is 6.38. The van der Waals surface area contributed by atoms with E-state index in [9.17, 15) is 0 Å². The van der Waals surface area contributed by atoms with Crippen molar-refractivity contribution < 1.29 is 14.2 Å². The van der Waals surface area contributed by atoms with Crippen LogP contribution < -0.4 is 19.6 Å². The van der Waals surface area contributed by atoms with Crippen molar-refractivity contribution in [3.63, 3.8) is 0 Å². The third-order valence-electron chi connectivity index (χ3n) is 3.27. The van der Waals surface area contributed by atoms with Gasteiger partial charge in [0.25, 0.3) is 0 Å². The van der Waals surface area contributed by atoms with Crippen LogP contribution in [0.15, 0.2) is 29.6 Å². The Labute approximate surface area is 150 Å². The maximum Gasteiger partial charge on any atom is 0.203 e. The zero-order valence-electron chi connectivity index (χ0n) is 13.7. The first-order valence-corrected chi connectivity index (χ1v) is 7.67. The summed E-state index contributed by atoms with van der Waals surface area (Å²) in [6.07, 6.45) is 2.97. The average Bonchev–Trinajstić information content (AvgIpc) is 2.59. The summed E-state index contributed by atoms with van der Waals surface area (Å²) < 4.78 is 16.0. The fourth-order valence-corrected chi connectivity index (χ4v) is 2.46. The Hall–Kier alpha value is -2.18. The van der Waals surface area contributed by atoms with Crippen LogP contribution in [-0.4, -0.2) is 32.0 Å². The number of halogens is 2. The van der Waals surface area contributed by atoms with Crippen molar-refractivity contribution in [2.45, 2.75) is 6.92 Å². The zero-order valence-corrected chi connectivity index (χ0v) is 15.2. The monoisotopic (exact) mass is 369 g/mol. The van der Waals surface area contributed by atoms with Gasteiger partial charge < -0.3 is 14.2 Å². The van der Waals surface area contributed by atoms with Gasteiger partial charge in [0.05, 0.1) is 42.8 Å². The molecule has 1 aromatic carbocycles. The van der Waals surface area contributed by atoms with Crippen molar-refractivity contribution in [3.8, 4) is 17.2 Å². The van der Waals surface area contributed by atoms with E-state index in [0.717, 1.165) is 5.56 Å². The second-order valence-corrected chi connectivity index (χ2v) is 5.52. The predicted octanol–water partition coefficient (Wildman–Crippen LogP) is 4.25. The topological polar surface area (TPSA) is 65.0 Å². The third kappa shape index (κ3) is 3.83. The van der Waals surface area contributed by atoms with Crippen LogP contribution in [0.4, 0.5) is 5.69 Å². The molecule has 0 amide bonds. The lowest BCUT2D eigenvalue weighted by molar-refractivity contribution is 0.324. The lowest BCUT2D eigenvalue weighted by Gasteiger charge is -2.14. The number of hydrogen-bond donors (Lipinski definition) is 1. The van der Waals surface area contributed by atoms with Gasteiger partial charge >= 0.3 is 0 Å². The maximum atomic E-state index is 6.06. The minimum Gasteiger partial charge on any atom is -0.493 e. The number of hydrazone groups is 1. The molecule has 0 spiro atoms. The first kappa shape index (κ1) is 18.2. The van der Waals surface area contributed by atoms with Crippen LogP contribution in [0.3, 0.4) is 0 Å². The van der Waals surface area contributed by atoms with Crippen molar-refractivity contribution in [1.82, 2.24) is 4.98 Å².